The van der Waals surface area contributed by atoms with Crippen LogP contribution in [0.25, 0.3) is 11.1 Å². The summed E-state index contributed by atoms with van der Waals surface area (Å²) >= 11 is 3.02. The van der Waals surface area contributed by atoms with E-state index in [2.05, 4.69) is 31.0 Å². The van der Waals surface area contributed by atoms with Crippen LogP contribution in [0.3, 0.4) is 0 Å². The van der Waals surface area contributed by atoms with Crippen LogP contribution in [0.1, 0.15) is 26.3 Å². The van der Waals surface area contributed by atoms with Crippen molar-refractivity contribution >= 4 is 21.6 Å². The van der Waals surface area contributed by atoms with Gasteiger partial charge in [-0.15, -0.1) is 0 Å². The lowest BCUT2D eigenvalue weighted by Crippen LogP contribution is -2.53. The summed E-state index contributed by atoms with van der Waals surface area (Å²) < 4.78 is 103. The van der Waals surface area contributed by atoms with Gasteiger partial charge >= 0.3 is 6.61 Å². The van der Waals surface area contributed by atoms with Crippen LogP contribution >= 0.6 is 15.9 Å². The molecule has 2 aromatic carbocycles. The fraction of sp³-hybridized carbons (Fsp3) is 0.400. The Morgan fingerprint density at radius 1 is 1.00 bits per heavy atom. The Hall–Kier alpha value is -2.01. The van der Waals surface area contributed by atoms with E-state index in [4.69, 9.17) is 0 Å². The average molecular weight is 518 g/mol. The number of hydrogen-bond acceptors (Lipinski definition) is 3. The molecular weight excluding hydrogens is 499 g/mol. The second-order valence-electron chi connectivity index (χ2n) is 7.08. The van der Waals surface area contributed by atoms with E-state index in [-0.39, 0.29) is 21.3 Å². The first kappa shape index (κ1) is 25.3. The van der Waals surface area contributed by atoms with Crippen molar-refractivity contribution in [1.82, 2.24) is 0 Å². The van der Waals surface area contributed by atoms with Crippen molar-refractivity contribution in [2.75, 3.05) is 12.6 Å². The molecule has 172 valence electrons. The molecule has 1 N–H and O–H groups in total. The summed E-state index contributed by atoms with van der Waals surface area (Å²) in [6, 6.07) is 5.45. The minimum absolute atomic E-state index is 0.149. The molecule has 31 heavy (non-hydrogen) atoms. The largest absolute Gasteiger partial charge is 0.434 e. The van der Waals surface area contributed by atoms with E-state index in [9.17, 15) is 30.7 Å². The highest BCUT2D eigenvalue weighted by Crippen LogP contribution is 2.52. The van der Waals surface area contributed by atoms with E-state index in [1.54, 1.807) is 0 Å². The van der Waals surface area contributed by atoms with E-state index in [1.165, 1.54) is 25.3 Å². The van der Waals surface area contributed by atoms with Gasteiger partial charge in [0.25, 0.3) is 11.8 Å². The van der Waals surface area contributed by atoms with Crippen LogP contribution in [0.5, 0.6) is 5.75 Å². The van der Waals surface area contributed by atoms with Gasteiger partial charge in [0, 0.05) is 29.4 Å². The van der Waals surface area contributed by atoms with E-state index >= 15 is 0 Å². The molecular formula is C20H19BrF7NO2. The molecule has 11 heteroatoms. The summed E-state index contributed by atoms with van der Waals surface area (Å²) in [5.74, 6) is -9.60. The number of hydrogen-bond donors (Lipinski definition) is 1. The van der Waals surface area contributed by atoms with Crippen LogP contribution in [-0.2, 0) is 10.3 Å². The molecule has 3 nitrogen and oxygen atoms in total. The van der Waals surface area contributed by atoms with E-state index in [1.807, 2.05) is 0 Å². The second-order valence-corrected chi connectivity index (χ2v) is 7.94. The van der Waals surface area contributed by atoms with Crippen LogP contribution in [0, 0.1) is 5.82 Å². The third-order valence-corrected chi connectivity index (χ3v) is 5.71. The zero-order valence-corrected chi connectivity index (χ0v) is 18.4. The van der Waals surface area contributed by atoms with Gasteiger partial charge in [0.1, 0.15) is 11.2 Å². The van der Waals surface area contributed by atoms with Crippen LogP contribution in [0.2, 0.25) is 0 Å². The Morgan fingerprint density at radius 3 is 2.06 bits per heavy atom. The van der Waals surface area contributed by atoms with Crippen molar-refractivity contribution in [3.8, 4) is 16.9 Å². The average Bonchev–Trinajstić information content (AvgIpc) is 2.61. The number of nitrogens with one attached hydrogen (secondary N) is 1. The fourth-order valence-electron chi connectivity index (χ4n) is 3.13. The predicted molar refractivity (Wildman–Crippen MR) is 105 cm³/mol. The highest BCUT2D eigenvalue weighted by molar-refractivity contribution is 9.10. The number of alkyl halides is 6. The number of rotatable bonds is 8. The Kier molecular flexibility index (Phi) is 7.21. The van der Waals surface area contributed by atoms with Gasteiger partial charge in [-0.1, -0.05) is 28.1 Å². The molecule has 0 bridgehead atoms. The van der Waals surface area contributed by atoms with E-state index < -0.39 is 41.0 Å². The van der Waals surface area contributed by atoms with Gasteiger partial charge in [-0.05, 0) is 30.7 Å². The summed E-state index contributed by atoms with van der Waals surface area (Å²) in [6.45, 7) is -2.21. The van der Waals surface area contributed by atoms with Gasteiger partial charge in [-0.2, -0.15) is 8.78 Å². The summed E-state index contributed by atoms with van der Waals surface area (Å²) in [6.07, 6.45) is 0. The third-order valence-electron chi connectivity index (χ3n) is 5.08. The molecule has 0 aliphatic rings. The lowest BCUT2D eigenvalue weighted by atomic mass is 9.72. The highest BCUT2D eigenvalue weighted by atomic mass is 79.9. The number of anilines is 1. The van der Waals surface area contributed by atoms with Crippen LogP contribution in [-0.4, -0.2) is 25.6 Å². The molecule has 0 aromatic heterocycles. The SMILES string of the molecule is CONc1cccc(-c2c(Br)cc(C(C)(C(C)(F)F)C(C)(F)F)cc2OC(F)F)c1F. The molecule has 0 amide bonds. The van der Waals surface area contributed by atoms with Crippen LogP contribution < -0.4 is 10.2 Å². The zero-order valence-electron chi connectivity index (χ0n) is 16.8. The Bertz CT molecular complexity index is 928. The number of halogens is 8. The maximum atomic E-state index is 14.9. The maximum absolute atomic E-state index is 14.9. The van der Waals surface area contributed by atoms with Gasteiger partial charge in [0.15, 0.2) is 5.82 Å². The predicted octanol–water partition coefficient (Wildman–Crippen LogP) is 7.40. The van der Waals surface area contributed by atoms with Crippen LogP contribution in [0.4, 0.5) is 36.4 Å². The molecule has 0 radical (unpaired) electrons. The molecule has 0 unspecified atom stereocenters. The molecule has 0 spiro atoms. The molecule has 0 heterocycles. The highest BCUT2D eigenvalue weighted by Gasteiger charge is 2.61. The van der Waals surface area contributed by atoms with Crippen molar-refractivity contribution < 1.29 is 40.3 Å². The smallest absolute Gasteiger partial charge is 0.387 e. The number of benzene rings is 2. The monoisotopic (exact) mass is 517 g/mol. The van der Waals surface area contributed by atoms with Gasteiger partial charge in [0.05, 0.1) is 12.8 Å². The normalized spacial score (nSPS) is 12.9. The minimum Gasteiger partial charge on any atom is -0.434 e. The summed E-state index contributed by atoms with van der Waals surface area (Å²) in [5, 5.41) is 0. The third kappa shape index (κ3) is 4.77. The zero-order chi connectivity index (χ0) is 23.8. The standard InChI is InChI=1S/C20H19BrF7NO2/c1-18(19(2,25)26,20(3,27)28)10-8-12(21)15(14(9-10)31-17(23)24)11-6-5-7-13(16(11)22)29-30-4/h5-9,17,29H,1-4H3. The van der Waals surface area contributed by atoms with Crippen LogP contribution in [0.15, 0.2) is 34.8 Å². The Labute approximate surface area is 182 Å². The van der Waals surface area contributed by atoms with Crippen molar-refractivity contribution in [2.45, 2.75) is 44.6 Å². The summed E-state index contributed by atoms with van der Waals surface area (Å²) in [5.41, 5.74) is -2.18. The van der Waals surface area contributed by atoms with Crippen molar-refractivity contribution in [2.24, 2.45) is 0 Å². The van der Waals surface area contributed by atoms with Crippen molar-refractivity contribution in [1.29, 1.82) is 0 Å². The molecule has 0 fully saturated rings. The van der Waals surface area contributed by atoms with Gasteiger partial charge in [-0.25, -0.2) is 22.0 Å². The summed E-state index contributed by atoms with van der Waals surface area (Å²) in [7, 11) is 1.22. The van der Waals surface area contributed by atoms with Crippen molar-refractivity contribution in [3.63, 3.8) is 0 Å². The van der Waals surface area contributed by atoms with Gasteiger partial charge in [0.2, 0.25) is 0 Å². The molecule has 0 saturated carbocycles. The lowest BCUT2D eigenvalue weighted by Gasteiger charge is -2.40. The molecule has 2 aromatic rings. The molecule has 0 aliphatic heterocycles. The van der Waals surface area contributed by atoms with E-state index in [0.29, 0.717) is 26.8 Å². The van der Waals surface area contributed by atoms with Gasteiger partial charge < -0.3 is 4.74 Å². The first-order valence-corrected chi connectivity index (χ1v) is 9.56. The second kappa shape index (κ2) is 8.85. The Morgan fingerprint density at radius 2 is 1.58 bits per heavy atom. The molecule has 0 aliphatic carbocycles. The summed E-state index contributed by atoms with van der Waals surface area (Å²) in [4.78, 5) is 4.64. The number of ether oxygens (including phenoxy) is 1. The Balaban J connectivity index is 2.85. The first-order valence-electron chi connectivity index (χ1n) is 8.77. The minimum atomic E-state index is -3.96. The molecule has 0 saturated heterocycles. The van der Waals surface area contributed by atoms with E-state index in [0.717, 1.165) is 6.07 Å². The quantitative estimate of drug-likeness (QED) is 0.292. The lowest BCUT2D eigenvalue weighted by molar-refractivity contribution is -0.170. The van der Waals surface area contributed by atoms with Gasteiger partial charge in [-0.3, -0.25) is 10.3 Å². The maximum Gasteiger partial charge on any atom is 0.387 e. The topological polar surface area (TPSA) is 30.5 Å². The fourth-order valence-corrected chi connectivity index (χ4v) is 3.78. The molecule has 0 atom stereocenters. The van der Waals surface area contributed by atoms with Crippen molar-refractivity contribution in [3.05, 3.63) is 46.2 Å². The molecule has 2 rings (SSSR count). The first-order chi connectivity index (χ1) is 14.1.